The lowest BCUT2D eigenvalue weighted by atomic mass is 9.99. The van der Waals surface area contributed by atoms with Gasteiger partial charge in [0.25, 0.3) is 0 Å². The average molecular weight is 353 g/mol. The Bertz CT molecular complexity index is 699. The molecule has 110 valence electrons. The summed E-state index contributed by atoms with van der Waals surface area (Å²) in [5.41, 5.74) is 2.95. The second-order valence-corrected chi connectivity index (χ2v) is 6.40. The van der Waals surface area contributed by atoms with Gasteiger partial charge in [0.15, 0.2) is 0 Å². The van der Waals surface area contributed by atoms with Gasteiger partial charge in [-0.25, -0.2) is 8.78 Å². The van der Waals surface area contributed by atoms with Crippen molar-refractivity contribution in [3.63, 3.8) is 0 Å². The van der Waals surface area contributed by atoms with Gasteiger partial charge in [0, 0.05) is 18.1 Å². The normalized spacial score (nSPS) is 18.2. The van der Waals surface area contributed by atoms with Crippen molar-refractivity contribution >= 4 is 15.9 Å². The van der Waals surface area contributed by atoms with Crippen LogP contribution in [0.4, 0.5) is 8.78 Å². The van der Waals surface area contributed by atoms with Gasteiger partial charge in [-0.1, -0.05) is 28.1 Å². The van der Waals surface area contributed by atoms with E-state index in [1.54, 1.807) is 13.0 Å². The summed E-state index contributed by atoms with van der Waals surface area (Å²) < 4.78 is 33.1. The lowest BCUT2D eigenvalue weighted by Crippen LogP contribution is -2.05. The van der Waals surface area contributed by atoms with Crippen LogP contribution in [0.2, 0.25) is 0 Å². The van der Waals surface area contributed by atoms with Crippen LogP contribution >= 0.6 is 15.9 Å². The fraction of sp³-hybridized carbons (Fsp3) is 0.294. The molecule has 0 radical (unpaired) electrons. The molecule has 2 atom stereocenters. The Morgan fingerprint density at radius 1 is 1.19 bits per heavy atom. The van der Waals surface area contributed by atoms with E-state index in [9.17, 15) is 8.78 Å². The fourth-order valence-electron chi connectivity index (χ4n) is 2.65. The maximum absolute atomic E-state index is 14.0. The van der Waals surface area contributed by atoms with E-state index in [-0.39, 0.29) is 10.9 Å². The molecule has 1 aliphatic heterocycles. The second kappa shape index (κ2) is 5.41. The number of hydrogen-bond donors (Lipinski definition) is 0. The second-order valence-electron chi connectivity index (χ2n) is 5.49. The Kier molecular flexibility index (Phi) is 3.74. The number of aryl methyl sites for hydroxylation is 1. The molecule has 2 aromatic rings. The van der Waals surface area contributed by atoms with Gasteiger partial charge in [-0.2, -0.15) is 0 Å². The van der Waals surface area contributed by atoms with E-state index in [0.717, 1.165) is 29.4 Å². The minimum absolute atomic E-state index is 0.175. The number of rotatable bonds is 2. The highest BCUT2D eigenvalue weighted by Gasteiger charge is 2.22. The molecule has 0 spiro atoms. The average Bonchev–Trinajstić information content (AvgIpc) is 2.81. The maximum Gasteiger partial charge on any atom is 0.130 e. The minimum Gasteiger partial charge on any atom is -0.490 e. The predicted octanol–water partition coefficient (Wildman–Crippen LogP) is 5.08. The topological polar surface area (TPSA) is 9.23 Å². The zero-order valence-electron chi connectivity index (χ0n) is 11.8. The molecule has 0 saturated carbocycles. The van der Waals surface area contributed by atoms with Gasteiger partial charge >= 0.3 is 0 Å². The van der Waals surface area contributed by atoms with Crippen molar-refractivity contribution < 1.29 is 13.5 Å². The first kappa shape index (κ1) is 14.5. The van der Waals surface area contributed by atoms with Crippen LogP contribution in [0.5, 0.6) is 5.75 Å². The van der Waals surface area contributed by atoms with Gasteiger partial charge in [-0.15, -0.1) is 0 Å². The quantitative estimate of drug-likeness (QED) is 0.684. The van der Waals surface area contributed by atoms with Gasteiger partial charge in [-0.3, -0.25) is 0 Å². The van der Waals surface area contributed by atoms with Crippen LogP contribution in [0.3, 0.4) is 0 Å². The molecule has 0 N–H and O–H groups in total. The minimum atomic E-state index is -0.537. The molecule has 0 fully saturated rings. The van der Waals surface area contributed by atoms with Crippen molar-refractivity contribution in [3.05, 3.63) is 64.2 Å². The third kappa shape index (κ3) is 2.69. The standard InChI is InChI=1S/C17H15BrF2O/c1-9-5-13(15(20)8-14(9)19)17(18)11-3-4-16-12(7-11)6-10(2)21-16/h3-5,7-8,10,17H,6H2,1-2H3. The smallest absolute Gasteiger partial charge is 0.130 e. The summed E-state index contributed by atoms with van der Waals surface area (Å²) in [4.78, 5) is -0.307. The molecule has 4 heteroatoms. The van der Waals surface area contributed by atoms with Crippen molar-refractivity contribution in [2.45, 2.75) is 31.2 Å². The van der Waals surface area contributed by atoms with Crippen LogP contribution in [0.15, 0.2) is 30.3 Å². The number of fused-ring (bicyclic) bond motifs is 1. The molecular weight excluding hydrogens is 338 g/mol. The Morgan fingerprint density at radius 3 is 2.71 bits per heavy atom. The molecular formula is C17H15BrF2O. The number of benzene rings is 2. The zero-order chi connectivity index (χ0) is 15.1. The Morgan fingerprint density at radius 2 is 1.95 bits per heavy atom. The third-order valence-electron chi connectivity index (χ3n) is 3.76. The van der Waals surface area contributed by atoms with E-state index >= 15 is 0 Å². The van der Waals surface area contributed by atoms with Crippen LogP contribution in [-0.2, 0) is 6.42 Å². The van der Waals surface area contributed by atoms with E-state index in [4.69, 9.17) is 4.74 Å². The molecule has 21 heavy (non-hydrogen) atoms. The van der Waals surface area contributed by atoms with E-state index in [2.05, 4.69) is 15.9 Å². The van der Waals surface area contributed by atoms with Gasteiger partial charge in [0.1, 0.15) is 23.5 Å². The SMILES string of the molecule is Cc1cc(C(Br)c2ccc3c(c2)CC(C)O3)c(F)cc1F. The largest absolute Gasteiger partial charge is 0.490 e. The lowest BCUT2D eigenvalue weighted by Gasteiger charge is -2.14. The highest BCUT2D eigenvalue weighted by Crippen LogP contribution is 2.37. The first-order chi connectivity index (χ1) is 9.95. The van der Waals surface area contributed by atoms with E-state index in [1.807, 2.05) is 25.1 Å². The maximum atomic E-state index is 14.0. The van der Waals surface area contributed by atoms with E-state index < -0.39 is 11.6 Å². The number of ether oxygens (including phenoxy) is 1. The summed E-state index contributed by atoms with van der Waals surface area (Å²) in [5, 5.41) is 0. The van der Waals surface area contributed by atoms with E-state index in [0.29, 0.717) is 11.1 Å². The number of hydrogen-bond acceptors (Lipinski definition) is 1. The van der Waals surface area contributed by atoms with Crippen LogP contribution in [0.1, 0.15) is 34.0 Å². The summed E-state index contributed by atoms with van der Waals surface area (Å²) in [7, 11) is 0. The third-order valence-corrected chi connectivity index (χ3v) is 4.79. The molecule has 2 aromatic carbocycles. The highest BCUT2D eigenvalue weighted by atomic mass is 79.9. The van der Waals surface area contributed by atoms with Gasteiger partial charge in [0.05, 0.1) is 4.83 Å². The highest BCUT2D eigenvalue weighted by molar-refractivity contribution is 9.09. The molecule has 0 aliphatic carbocycles. The molecule has 2 unspecified atom stereocenters. The fourth-order valence-corrected chi connectivity index (χ4v) is 3.29. The summed E-state index contributed by atoms with van der Waals surface area (Å²) in [6, 6.07) is 8.34. The summed E-state index contributed by atoms with van der Waals surface area (Å²) >= 11 is 3.52. The van der Waals surface area contributed by atoms with Crippen LogP contribution in [0.25, 0.3) is 0 Å². The van der Waals surface area contributed by atoms with Crippen molar-refractivity contribution in [2.75, 3.05) is 0 Å². The number of alkyl halides is 1. The molecule has 0 saturated heterocycles. The van der Waals surface area contributed by atoms with Gasteiger partial charge in [-0.05, 0) is 42.7 Å². The van der Waals surface area contributed by atoms with Gasteiger partial charge in [0.2, 0.25) is 0 Å². The lowest BCUT2D eigenvalue weighted by molar-refractivity contribution is 0.254. The Labute approximate surface area is 131 Å². The summed E-state index contributed by atoms with van der Waals surface area (Å²) in [6.07, 6.45) is 1.03. The molecule has 0 amide bonds. The van der Waals surface area contributed by atoms with Crippen molar-refractivity contribution in [1.82, 2.24) is 0 Å². The first-order valence-electron chi connectivity index (χ1n) is 6.85. The molecule has 0 aromatic heterocycles. The summed E-state index contributed by atoms with van der Waals surface area (Å²) in [6.45, 7) is 3.66. The molecule has 3 rings (SSSR count). The van der Waals surface area contributed by atoms with Crippen LogP contribution < -0.4 is 4.74 Å². The zero-order valence-corrected chi connectivity index (χ0v) is 13.4. The van der Waals surface area contributed by atoms with E-state index in [1.165, 1.54) is 0 Å². The van der Waals surface area contributed by atoms with Crippen LogP contribution in [0, 0.1) is 18.6 Å². The van der Waals surface area contributed by atoms with Crippen LogP contribution in [-0.4, -0.2) is 6.10 Å². The summed E-state index contributed by atoms with van der Waals surface area (Å²) in [5.74, 6) is -0.168. The molecule has 1 heterocycles. The Balaban J connectivity index is 1.98. The molecule has 0 bridgehead atoms. The monoisotopic (exact) mass is 352 g/mol. The number of halogens is 3. The molecule has 1 aliphatic rings. The first-order valence-corrected chi connectivity index (χ1v) is 7.76. The molecule has 1 nitrogen and oxygen atoms in total. The van der Waals surface area contributed by atoms with Crippen molar-refractivity contribution in [2.24, 2.45) is 0 Å². The Hall–Kier alpha value is -1.42. The van der Waals surface area contributed by atoms with Crippen molar-refractivity contribution in [3.8, 4) is 5.75 Å². The van der Waals surface area contributed by atoms with Crippen molar-refractivity contribution in [1.29, 1.82) is 0 Å². The predicted molar refractivity (Wildman–Crippen MR) is 82.1 cm³/mol. The van der Waals surface area contributed by atoms with Gasteiger partial charge < -0.3 is 4.74 Å².